The number of hydrazine groups is 1. The van der Waals surface area contributed by atoms with Crippen LogP contribution in [-0.4, -0.2) is 51.9 Å². The van der Waals surface area contributed by atoms with E-state index < -0.39 is 33.3 Å². The number of anilines is 1. The molecule has 178 valence electrons. The van der Waals surface area contributed by atoms with E-state index in [1.807, 2.05) is 4.90 Å². The minimum atomic E-state index is -4.83. The number of carbonyl (C=O) groups excluding carboxylic acids is 1. The van der Waals surface area contributed by atoms with E-state index in [1.165, 1.54) is 6.42 Å². The Morgan fingerprint density at radius 3 is 2.42 bits per heavy atom. The molecule has 0 unspecified atom stereocenters. The summed E-state index contributed by atoms with van der Waals surface area (Å²) in [6.45, 7) is 1.88. The van der Waals surface area contributed by atoms with Gasteiger partial charge in [0, 0.05) is 38.2 Å². The Hall–Kier alpha value is -2.80. The highest BCUT2D eigenvalue weighted by molar-refractivity contribution is 7.22. The van der Waals surface area contributed by atoms with Gasteiger partial charge in [0.1, 0.15) is 4.70 Å². The number of rotatable bonds is 4. The van der Waals surface area contributed by atoms with Crippen LogP contribution >= 0.6 is 11.3 Å². The SMILES string of the molecule is O=C(C1CCCCC1)N1CCN(Nc2nc(=O)c3cc(C(F)(F)F)cc([N+](=O)[O-])c3s2)CC1. The topological polar surface area (TPSA) is 109 Å². The van der Waals surface area contributed by atoms with Gasteiger partial charge in [-0.3, -0.25) is 25.1 Å². The molecule has 1 saturated heterocycles. The summed E-state index contributed by atoms with van der Waals surface area (Å²) < 4.78 is 39.1. The monoisotopic (exact) mass is 485 g/mol. The Morgan fingerprint density at radius 1 is 1.15 bits per heavy atom. The van der Waals surface area contributed by atoms with Gasteiger partial charge in [-0.25, -0.2) is 5.01 Å². The number of nitro groups is 1. The number of alkyl halides is 3. The number of benzene rings is 1. The number of amides is 1. The lowest BCUT2D eigenvalue weighted by Crippen LogP contribution is -2.52. The predicted octanol–water partition coefficient (Wildman–Crippen LogP) is 3.63. The number of carbonyl (C=O) groups is 1. The summed E-state index contributed by atoms with van der Waals surface area (Å²) in [7, 11) is 0. The van der Waals surface area contributed by atoms with Gasteiger partial charge >= 0.3 is 6.18 Å². The normalized spacial score (nSPS) is 18.5. The first-order chi connectivity index (χ1) is 15.6. The zero-order chi connectivity index (χ0) is 23.8. The highest BCUT2D eigenvalue weighted by atomic mass is 32.1. The molecule has 1 aromatic heterocycles. The van der Waals surface area contributed by atoms with Crippen LogP contribution in [0, 0.1) is 16.0 Å². The fraction of sp³-hybridized carbons (Fsp3) is 0.550. The number of nitrogens with one attached hydrogen (secondary N) is 1. The van der Waals surface area contributed by atoms with Crippen molar-refractivity contribution in [2.45, 2.75) is 38.3 Å². The van der Waals surface area contributed by atoms with Gasteiger partial charge in [-0.15, -0.1) is 0 Å². The molecule has 1 aromatic carbocycles. The maximum atomic E-state index is 13.1. The minimum Gasteiger partial charge on any atom is -0.340 e. The van der Waals surface area contributed by atoms with E-state index in [1.54, 1.807) is 5.01 Å². The molecule has 1 N–H and O–H groups in total. The van der Waals surface area contributed by atoms with Crippen LogP contribution in [0.3, 0.4) is 0 Å². The van der Waals surface area contributed by atoms with Gasteiger partial charge in [-0.1, -0.05) is 30.6 Å². The van der Waals surface area contributed by atoms with Crippen molar-refractivity contribution >= 4 is 38.1 Å². The van der Waals surface area contributed by atoms with Crippen molar-refractivity contribution in [3.8, 4) is 0 Å². The molecule has 0 radical (unpaired) electrons. The third-order valence-corrected chi connectivity index (χ3v) is 7.03. The number of nitro benzene ring substituents is 1. The van der Waals surface area contributed by atoms with Gasteiger partial charge in [-0.2, -0.15) is 18.2 Å². The zero-order valence-corrected chi connectivity index (χ0v) is 18.4. The van der Waals surface area contributed by atoms with Crippen LogP contribution in [0.25, 0.3) is 10.1 Å². The van der Waals surface area contributed by atoms with Gasteiger partial charge in [0.25, 0.3) is 11.2 Å². The van der Waals surface area contributed by atoms with E-state index in [2.05, 4.69) is 10.4 Å². The number of piperazine rings is 1. The summed E-state index contributed by atoms with van der Waals surface area (Å²) in [4.78, 5) is 41.2. The lowest BCUT2D eigenvalue weighted by Gasteiger charge is -2.37. The molecule has 0 atom stereocenters. The number of hydrogen-bond donors (Lipinski definition) is 1. The van der Waals surface area contributed by atoms with Gasteiger partial charge in [0.15, 0.2) is 0 Å². The maximum Gasteiger partial charge on any atom is 0.416 e. The molecule has 4 rings (SSSR count). The van der Waals surface area contributed by atoms with Crippen molar-refractivity contribution in [1.29, 1.82) is 0 Å². The molecule has 0 bridgehead atoms. The highest BCUT2D eigenvalue weighted by Crippen LogP contribution is 2.37. The quantitative estimate of drug-likeness (QED) is 0.520. The summed E-state index contributed by atoms with van der Waals surface area (Å²) >= 11 is 0.745. The second-order valence-corrected chi connectivity index (χ2v) is 9.21. The second-order valence-electron chi connectivity index (χ2n) is 8.21. The number of non-ortho nitro benzene ring substituents is 1. The first-order valence-corrected chi connectivity index (χ1v) is 11.5. The third kappa shape index (κ3) is 5.08. The zero-order valence-electron chi connectivity index (χ0n) is 17.6. The minimum absolute atomic E-state index is 0.0439. The largest absolute Gasteiger partial charge is 0.416 e. The summed E-state index contributed by atoms with van der Waals surface area (Å²) in [6.07, 6.45) is 0.310. The lowest BCUT2D eigenvalue weighted by molar-refractivity contribution is -0.383. The average molecular weight is 485 g/mol. The van der Waals surface area contributed by atoms with Crippen LogP contribution in [0.15, 0.2) is 16.9 Å². The van der Waals surface area contributed by atoms with Gasteiger partial charge < -0.3 is 4.90 Å². The molecule has 1 aliphatic heterocycles. The Morgan fingerprint density at radius 2 is 1.82 bits per heavy atom. The van der Waals surface area contributed by atoms with Crippen LogP contribution in [0.4, 0.5) is 24.0 Å². The molecule has 33 heavy (non-hydrogen) atoms. The smallest absolute Gasteiger partial charge is 0.340 e. The molecule has 0 spiro atoms. The molecule has 2 heterocycles. The summed E-state index contributed by atoms with van der Waals surface area (Å²) in [5.41, 5.74) is -0.125. The second kappa shape index (κ2) is 9.21. The van der Waals surface area contributed by atoms with Crippen molar-refractivity contribution in [3.63, 3.8) is 0 Å². The van der Waals surface area contributed by atoms with Gasteiger partial charge in [0.2, 0.25) is 11.0 Å². The molecule has 2 aliphatic rings. The molecule has 1 amide bonds. The molecule has 9 nitrogen and oxygen atoms in total. The standard InChI is InChI=1S/C20H22F3N5O4S/c21-20(22,23)13-10-14-16(15(11-13)28(31)32)33-19(24-17(14)29)25-27-8-6-26(7-9-27)18(30)12-4-2-1-3-5-12/h10-12H,1-9H2,(H,24,25,29). The average Bonchev–Trinajstić information content (AvgIpc) is 2.78. The number of hydrogen-bond acceptors (Lipinski definition) is 8. The summed E-state index contributed by atoms with van der Waals surface area (Å²) in [5, 5.41) is 12.7. The Kier molecular flexibility index (Phi) is 6.52. The van der Waals surface area contributed by atoms with E-state index in [0.29, 0.717) is 38.3 Å². The lowest BCUT2D eigenvalue weighted by atomic mass is 9.88. The van der Waals surface area contributed by atoms with E-state index in [9.17, 15) is 32.9 Å². The first kappa shape index (κ1) is 23.4. The third-order valence-electron chi connectivity index (χ3n) is 6.03. The number of fused-ring (bicyclic) bond motifs is 1. The van der Waals surface area contributed by atoms with Gasteiger partial charge in [-0.05, 0) is 18.9 Å². The van der Waals surface area contributed by atoms with Crippen LogP contribution in [-0.2, 0) is 11.0 Å². The number of nitrogens with zero attached hydrogens (tertiary/aromatic N) is 4. The van der Waals surface area contributed by atoms with E-state index in [0.717, 1.165) is 37.0 Å². The van der Waals surface area contributed by atoms with Gasteiger partial charge in [0.05, 0.1) is 15.9 Å². The highest BCUT2D eigenvalue weighted by Gasteiger charge is 2.34. The molecule has 1 saturated carbocycles. The maximum absolute atomic E-state index is 13.1. The molecule has 2 fully saturated rings. The van der Waals surface area contributed by atoms with Crippen molar-refractivity contribution in [2.75, 3.05) is 31.6 Å². The molecule has 13 heteroatoms. The summed E-state index contributed by atoms with van der Waals surface area (Å²) in [6, 6.07) is 1.02. The Balaban J connectivity index is 1.50. The number of aromatic nitrogens is 1. The molecular weight excluding hydrogens is 463 g/mol. The van der Waals surface area contributed by atoms with Crippen LogP contribution in [0.2, 0.25) is 0 Å². The van der Waals surface area contributed by atoms with E-state index in [-0.39, 0.29) is 21.7 Å². The molecule has 1 aliphatic carbocycles. The number of halogens is 3. The van der Waals surface area contributed by atoms with E-state index in [4.69, 9.17) is 0 Å². The molecular formula is C20H22F3N5O4S. The van der Waals surface area contributed by atoms with Crippen LogP contribution < -0.4 is 11.0 Å². The predicted molar refractivity (Wildman–Crippen MR) is 116 cm³/mol. The first-order valence-electron chi connectivity index (χ1n) is 10.6. The van der Waals surface area contributed by atoms with Crippen molar-refractivity contribution in [2.24, 2.45) is 5.92 Å². The Labute approximate surface area is 190 Å². The fourth-order valence-electron chi connectivity index (χ4n) is 4.28. The Bertz CT molecular complexity index is 1130. The fourth-order valence-corrected chi connectivity index (χ4v) is 5.27. The van der Waals surface area contributed by atoms with Crippen molar-refractivity contribution in [3.05, 3.63) is 38.2 Å². The molecule has 2 aromatic rings. The van der Waals surface area contributed by atoms with Crippen LogP contribution in [0.1, 0.15) is 37.7 Å². The van der Waals surface area contributed by atoms with Crippen LogP contribution in [0.5, 0.6) is 0 Å². The van der Waals surface area contributed by atoms with Crippen molar-refractivity contribution in [1.82, 2.24) is 14.9 Å². The summed E-state index contributed by atoms with van der Waals surface area (Å²) in [5.74, 6) is 0.242. The van der Waals surface area contributed by atoms with Crippen molar-refractivity contribution < 1.29 is 22.9 Å². The van der Waals surface area contributed by atoms with E-state index >= 15 is 0 Å².